The summed E-state index contributed by atoms with van der Waals surface area (Å²) in [5.74, 6) is 1.89. The molecule has 1 atom stereocenters. The van der Waals surface area contributed by atoms with Crippen molar-refractivity contribution >= 4 is 0 Å². The summed E-state index contributed by atoms with van der Waals surface area (Å²) in [7, 11) is 0. The fourth-order valence-corrected chi connectivity index (χ4v) is 1.62. The molecule has 0 aromatic heterocycles. The standard InChI is InChI=1S/C11H16O.C6H6O2/c1-8(2)9(3)10-4-6-11(12)7-5-10;7-5-1-2-6(8)4-3-5/h4-9,12H,1-3H3;1-4,7-8H. The van der Waals surface area contributed by atoms with Crippen molar-refractivity contribution in [3.63, 3.8) is 0 Å². The number of aromatic hydroxyl groups is 3. The van der Waals surface area contributed by atoms with E-state index >= 15 is 0 Å². The lowest BCUT2D eigenvalue weighted by Crippen LogP contribution is -2.01. The molecule has 0 bridgehead atoms. The zero-order chi connectivity index (χ0) is 15.1. The normalized spacial score (nSPS) is 11.6. The van der Waals surface area contributed by atoms with Gasteiger partial charge in [-0.15, -0.1) is 0 Å². The molecule has 3 N–H and O–H groups in total. The molecule has 108 valence electrons. The maximum Gasteiger partial charge on any atom is 0.115 e. The van der Waals surface area contributed by atoms with Crippen LogP contribution in [0, 0.1) is 5.92 Å². The summed E-state index contributed by atoms with van der Waals surface area (Å²) in [6, 6.07) is 13.2. The van der Waals surface area contributed by atoms with Gasteiger partial charge in [-0.25, -0.2) is 0 Å². The van der Waals surface area contributed by atoms with Crippen LogP contribution in [-0.2, 0) is 0 Å². The van der Waals surface area contributed by atoms with Gasteiger partial charge in [-0.1, -0.05) is 32.9 Å². The van der Waals surface area contributed by atoms with E-state index in [1.54, 1.807) is 12.1 Å². The van der Waals surface area contributed by atoms with Gasteiger partial charge in [-0.3, -0.25) is 0 Å². The molecule has 2 aromatic carbocycles. The Kier molecular flexibility index (Phi) is 5.91. The van der Waals surface area contributed by atoms with E-state index in [9.17, 15) is 0 Å². The molecule has 2 aromatic rings. The van der Waals surface area contributed by atoms with Gasteiger partial charge in [0.25, 0.3) is 0 Å². The Morgan fingerprint density at radius 3 is 1.20 bits per heavy atom. The number of phenolic OH excluding ortho intramolecular Hbond substituents is 3. The van der Waals surface area contributed by atoms with Gasteiger partial charge in [0, 0.05) is 0 Å². The molecule has 0 aliphatic carbocycles. The first-order valence-electron chi connectivity index (χ1n) is 6.67. The average Bonchev–Trinajstić information content (AvgIpc) is 2.43. The average molecular weight is 274 g/mol. The lowest BCUT2D eigenvalue weighted by molar-refractivity contribution is 0.460. The monoisotopic (exact) mass is 274 g/mol. The summed E-state index contributed by atoms with van der Waals surface area (Å²) in [5, 5.41) is 26.4. The van der Waals surface area contributed by atoms with Crippen molar-refractivity contribution < 1.29 is 15.3 Å². The Morgan fingerprint density at radius 1 is 0.600 bits per heavy atom. The number of rotatable bonds is 2. The lowest BCUT2D eigenvalue weighted by atomic mass is 9.90. The van der Waals surface area contributed by atoms with E-state index in [2.05, 4.69) is 20.8 Å². The van der Waals surface area contributed by atoms with Gasteiger partial charge in [0.15, 0.2) is 0 Å². The number of phenols is 3. The first kappa shape index (κ1) is 15.9. The molecule has 0 amide bonds. The molecule has 3 heteroatoms. The highest BCUT2D eigenvalue weighted by atomic mass is 16.3. The number of hydrogen-bond acceptors (Lipinski definition) is 3. The van der Waals surface area contributed by atoms with Crippen molar-refractivity contribution in [3.05, 3.63) is 54.1 Å². The van der Waals surface area contributed by atoms with Crippen molar-refractivity contribution in [2.45, 2.75) is 26.7 Å². The third kappa shape index (κ3) is 5.22. The molecular weight excluding hydrogens is 252 g/mol. The predicted octanol–water partition coefficient (Wildman–Crippen LogP) is 4.25. The smallest absolute Gasteiger partial charge is 0.115 e. The maximum absolute atomic E-state index is 9.08. The van der Waals surface area contributed by atoms with Crippen LogP contribution in [-0.4, -0.2) is 15.3 Å². The van der Waals surface area contributed by atoms with Crippen LogP contribution in [0.2, 0.25) is 0 Å². The Bertz CT molecular complexity index is 480. The largest absolute Gasteiger partial charge is 0.508 e. The zero-order valence-electron chi connectivity index (χ0n) is 12.1. The summed E-state index contributed by atoms with van der Waals surface area (Å²) >= 11 is 0. The molecule has 0 heterocycles. The number of hydrogen-bond donors (Lipinski definition) is 3. The van der Waals surface area contributed by atoms with E-state index in [-0.39, 0.29) is 11.5 Å². The molecule has 3 nitrogen and oxygen atoms in total. The fourth-order valence-electron chi connectivity index (χ4n) is 1.62. The van der Waals surface area contributed by atoms with E-state index in [1.165, 1.54) is 29.8 Å². The fraction of sp³-hybridized carbons (Fsp3) is 0.294. The second kappa shape index (κ2) is 7.43. The third-order valence-electron chi connectivity index (χ3n) is 3.27. The van der Waals surface area contributed by atoms with E-state index in [0.29, 0.717) is 17.6 Å². The van der Waals surface area contributed by atoms with Gasteiger partial charge in [-0.2, -0.15) is 0 Å². The predicted molar refractivity (Wildman–Crippen MR) is 81.1 cm³/mol. The van der Waals surface area contributed by atoms with Crippen LogP contribution in [0.5, 0.6) is 17.2 Å². The molecule has 0 saturated carbocycles. The summed E-state index contributed by atoms with van der Waals surface area (Å²) in [6.45, 7) is 6.62. The first-order chi connectivity index (χ1) is 9.40. The van der Waals surface area contributed by atoms with E-state index in [1.807, 2.05) is 12.1 Å². The van der Waals surface area contributed by atoms with Crippen LogP contribution in [0.3, 0.4) is 0 Å². The Hall–Kier alpha value is -2.16. The van der Waals surface area contributed by atoms with Crippen LogP contribution in [0.25, 0.3) is 0 Å². The molecular formula is C17H22O3. The van der Waals surface area contributed by atoms with Crippen LogP contribution < -0.4 is 0 Å². The highest BCUT2D eigenvalue weighted by Crippen LogP contribution is 2.24. The van der Waals surface area contributed by atoms with Gasteiger partial charge < -0.3 is 15.3 Å². The van der Waals surface area contributed by atoms with Crippen LogP contribution in [0.15, 0.2) is 48.5 Å². The van der Waals surface area contributed by atoms with E-state index in [4.69, 9.17) is 15.3 Å². The molecule has 0 fully saturated rings. The molecule has 1 unspecified atom stereocenters. The van der Waals surface area contributed by atoms with Crippen LogP contribution >= 0.6 is 0 Å². The minimum atomic E-state index is 0.169. The minimum Gasteiger partial charge on any atom is -0.508 e. The molecule has 0 spiro atoms. The van der Waals surface area contributed by atoms with Crippen molar-refractivity contribution in [3.8, 4) is 17.2 Å². The maximum atomic E-state index is 9.08. The minimum absolute atomic E-state index is 0.169. The lowest BCUT2D eigenvalue weighted by Gasteiger charge is -2.15. The van der Waals surface area contributed by atoms with Crippen molar-refractivity contribution in [1.82, 2.24) is 0 Å². The van der Waals surface area contributed by atoms with Gasteiger partial charge >= 0.3 is 0 Å². The molecule has 0 aliphatic rings. The SMILES string of the molecule is CC(C)C(C)c1ccc(O)cc1.Oc1ccc(O)cc1. The van der Waals surface area contributed by atoms with Crippen molar-refractivity contribution in [2.24, 2.45) is 5.92 Å². The molecule has 20 heavy (non-hydrogen) atoms. The Labute approximate surface area is 120 Å². The number of benzene rings is 2. The van der Waals surface area contributed by atoms with Crippen LogP contribution in [0.1, 0.15) is 32.3 Å². The summed E-state index contributed by atoms with van der Waals surface area (Å²) in [4.78, 5) is 0. The quantitative estimate of drug-likeness (QED) is 0.717. The van der Waals surface area contributed by atoms with Gasteiger partial charge in [0.2, 0.25) is 0 Å². The molecule has 2 rings (SSSR count). The topological polar surface area (TPSA) is 60.7 Å². The molecule has 0 saturated heterocycles. The summed E-state index contributed by atoms with van der Waals surface area (Å²) in [5.41, 5.74) is 1.29. The Balaban J connectivity index is 0.000000217. The second-order valence-corrected chi connectivity index (χ2v) is 5.14. The van der Waals surface area contributed by atoms with Gasteiger partial charge in [-0.05, 0) is 53.8 Å². The van der Waals surface area contributed by atoms with Gasteiger partial charge in [0.1, 0.15) is 17.2 Å². The zero-order valence-corrected chi connectivity index (χ0v) is 12.1. The first-order valence-corrected chi connectivity index (χ1v) is 6.67. The van der Waals surface area contributed by atoms with E-state index in [0.717, 1.165) is 0 Å². The molecule has 0 radical (unpaired) electrons. The summed E-state index contributed by atoms with van der Waals surface area (Å²) in [6.07, 6.45) is 0. The van der Waals surface area contributed by atoms with E-state index < -0.39 is 0 Å². The summed E-state index contributed by atoms with van der Waals surface area (Å²) < 4.78 is 0. The van der Waals surface area contributed by atoms with Crippen molar-refractivity contribution in [1.29, 1.82) is 0 Å². The molecule has 0 aliphatic heterocycles. The third-order valence-corrected chi connectivity index (χ3v) is 3.27. The van der Waals surface area contributed by atoms with Crippen LogP contribution in [0.4, 0.5) is 0 Å². The van der Waals surface area contributed by atoms with Crippen molar-refractivity contribution in [2.75, 3.05) is 0 Å². The van der Waals surface area contributed by atoms with Gasteiger partial charge in [0.05, 0.1) is 0 Å². The Morgan fingerprint density at radius 2 is 0.900 bits per heavy atom. The second-order valence-electron chi connectivity index (χ2n) is 5.14. The highest BCUT2D eigenvalue weighted by molar-refractivity contribution is 5.29. The highest BCUT2D eigenvalue weighted by Gasteiger charge is 2.08.